The Morgan fingerprint density at radius 3 is 2.29 bits per heavy atom. The van der Waals surface area contributed by atoms with Crippen molar-refractivity contribution in [2.24, 2.45) is 5.92 Å². The maximum Gasteiger partial charge on any atom is 0.0734 e. The van der Waals surface area contributed by atoms with Crippen molar-refractivity contribution in [3.63, 3.8) is 0 Å². The quantitative estimate of drug-likeness (QED) is 0.758. The van der Waals surface area contributed by atoms with Gasteiger partial charge in [0.25, 0.3) is 0 Å². The Balaban J connectivity index is 2.66. The number of hydrogen-bond acceptors (Lipinski definition) is 3. The summed E-state index contributed by atoms with van der Waals surface area (Å²) < 4.78 is 0.0143. The fourth-order valence-electron chi connectivity index (χ4n) is 2.39. The molecule has 0 spiro atoms. The summed E-state index contributed by atoms with van der Waals surface area (Å²) in [5, 5.41) is 19.3. The maximum absolute atomic E-state index is 10.2. The molecule has 2 nitrogen and oxygen atoms in total. The second-order valence-corrected chi connectivity index (χ2v) is 5.66. The minimum atomic E-state index is -0.359. The predicted octanol–water partition coefficient (Wildman–Crippen LogP) is 2.04. The van der Waals surface area contributed by atoms with Crippen LogP contribution in [0, 0.1) is 5.92 Å². The SMILES string of the molecule is CSC1([C@H](O)[C@H](C)CO)CCCCC1. The lowest BCUT2D eigenvalue weighted by molar-refractivity contribution is 0.0334. The van der Waals surface area contributed by atoms with Crippen LogP contribution in [0.15, 0.2) is 0 Å². The Morgan fingerprint density at radius 2 is 1.86 bits per heavy atom. The summed E-state index contributed by atoms with van der Waals surface area (Å²) in [7, 11) is 0. The van der Waals surface area contributed by atoms with Crippen molar-refractivity contribution in [2.45, 2.75) is 49.9 Å². The highest BCUT2D eigenvalue weighted by Gasteiger charge is 2.40. The lowest BCUT2D eigenvalue weighted by Gasteiger charge is -2.42. The molecule has 0 heterocycles. The summed E-state index contributed by atoms with van der Waals surface area (Å²) in [5.74, 6) is 0.000509. The second-order valence-electron chi connectivity index (χ2n) is 4.43. The van der Waals surface area contributed by atoms with Crippen LogP contribution in [0.5, 0.6) is 0 Å². The first-order valence-corrected chi connectivity index (χ1v) is 6.73. The molecule has 1 aliphatic carbocycles. The zero-order valence-electron chi connectivity index (χ0n) is 9.20. The lowest BCUT2D eigenvalue weighted by Crippen LogP contribution is -2.45. The van der Waals surface area contributed by atoms with Gasteiger partial charge in [0.15, 0.2) is 0 Å². The van der Waals surface area contributed by atoms with Gasteiger partial charge in [-0.25, -0.2) is 0 Å². The molecule has 84 valence electrons. The molecule has 0 aromatic carbocycles. The molecule has 0 bridgehead atoms. The Kier molecular flexibility index (Phi) is 4.74. The largest absolute Gasteiger partial charge is 0.396 e. The normalized spacial score (nSPS) is 25.7. The third-order valence-electron chi connectivity index (χ3n) is 3.47. The van der Waals surface area contributed by atoms with E-state index in [4.69, 9.17) is 5.11 Å². The number of aliphatic hydroxyl groups excluding tert-OH is 2. The molecule has 1 aliphatic rings. The maximum atomic E-state index is 10.2. The van der Waals surface area contributed by atoms with Crippen LogP contribution in [-0.4, -0.2) is 33.9 Å². The molecule has 0 amide bonds. The van der Waals surface area contributed by atoms with E-state index in [2.05, 4.69) is 6.26 Å². The molecule has 0 aromatic heterocycles. The summed E-state index contributed by atoms with van der Waals surface area (Å²) in [6, 6.07) is 0. The molecule has 2 N–H and O–H groups in total. The van der Waals surface area contributed by atoms with Gasteiger partial charge in [-0.15, -0.1) is 0 Å². The van der Waals surface area contributed by atoms with Crippen LogP contribution < -0.4 is 0 Å². The van der Waals surface area contributed by atoms with E-state index in [9.17, 15) is 5.11 Å². The van der Waals surface area contributed by atoms with Crippen molar-refractivity contribution in [1.29, 1.82) is 0 Å². The molecule has 0 unspecified atom stereocenters. The predicted molar refractivity (Wildman–Crippen MR) is 61.6 cm³/mol. The molecule has 2 atom stereocenters. The fourth-order valence-corrected chi connectivity index (χ4v) is 3.56. The van der Waals surface area contributed by atoms with Crippen LogP contribution in [-0.2, 0) is 0 Å². The van der Waals surface area contributed by atoms with Crippen molar-refractivity contribution in [1.82, 2.24) is 0 Å². The Bertz CT molecular complexity index is 167. The van der Waals surface area contributed by atoms with Crippen LogP contribution >= 0.6 is 11.8 Å². The Morgan fingerprint density at radius 1 is 1.29 bits per heavy atom. The van der Waals surface area contributed by atoms with E-state index >= 15 is 0 Å². The monoisotopic (exact) mass is 218 g/mol. The summed E-state index contributed by atoms with van der Waals surface area (Å²) in [6.07, 6.45) is 7.65. The van der Waals surface area contributed by atoms with Gasteiger partial charge in [-0.2, -0.15) is 11.8 Å². The average molecular weight is 218 g/mol. The summed E-state index contributed by atoms with van der Waals surface area (Å²) in [5.41, 5.74) is 0. The number of thioether (sulfide) groups is 1. The standard InChI is InChI=1S/C11H22O2S/c1-9(8-12)10(13)11(14-2)6-4-3-5-7-11/h9-10,12-13H,3-8H2,1-2H3/t9-,10-/m1/s1. The van der Waals surface area contributed by atoms with Crippen LogP contribution in [0.2, 0.25) is 0 Å². The zero-order chi connectivity index (χ0) is 10.6. The van der Waals surface area contributed by atoms with Gasteiger partial charge in [-0.1, -0.05) is 26.2 Å². The third-order valence-corrected chi connectivity index (χ3v) is 4.94. The molecule has 1 fully saturated rings. The van der Waals surface area contributed by atoms with E-state index in [1.807, 2.05) is 6.92 Å². The van der Waals surface area contributed by atoms with E-state index in [0.29, 0.717) is 0 Å². The summed E-state index contributed by atoms with van der Waals surface area (Å²) >= 11 is 1.78. The molecular formula is C11H22O2S. The first kappa shape index (κ1) is 12.3. The first-order valence-electron chi connectivity index (χ1n) is 5.50. The van der Waals surface area contributed by atoms with Gasteiger partial charge in [-0.05, 0) is 19.1 Å². The molecule has 14 heavy (non-hydrogen) atoms. The van der Waals surface area contributed by atoms with Crippen LogP contribution in [0.4, 0.5) is 0 Å². The smallest absolute Gasteiger partial charge is 0.0734 e. The Labute approximate surface area is 91.1 Å². The number of hydrogen-bond donors (Lipinski definition) is 2. The van der Waals surface area contributed by atoms with Gasteiger partial charge in [0, 0.05) is 17.3 Å². The molecule has 0 radical (unpaired) electrons. The van der Waals surface area contributed by atoms with Gasteiger partial charge in [0.2, 0.25) is 0 Å². The van der Waals surface area contributed by atoms with E-state index < -0.39 is 0 Å². The van der Waals surface area contributed by atoms with Gasteiger partial charge in [-0.3, -0.25) is 0 Å². The van der Waals surface area contributed by atoms with E-state index in [0.717, 1.165) is 12.8 Å². The molecular weight excluding hydrogens is 196 g/mol. The zero-order valence-corrected chi connectivity index (χ0v) is 10.0. The second kappa shape index (κ2) is 5.38. The van der Waals surface area contributed by atoms with E-state index in [-0.39, 0.29) is 23.4 Å². The van der Waals surface area contributed by atoms with Crippen LogP contribution in [0.3, 0.4) is 0 Å². The van der Waals surface area contributed by atoms with Crippen LogP contribution in [0.1, 0.15) is 39.0 Å². The lowest BCUT2D eigenvalue weighted by atomic mass is 9.80. The molecule has 1 rings (SSSR count). The molecule has 1 saturated carbocycles. The summed E-state index contributed by atoms with van der Waals surface area (Å²) in [4.78, 5) is 0. The number of aliphatic hydroxyl groups is 2. The topological polar surface area (TPSA) is 40.5 Å². The Hall–Kier alpha value is 0.270. The fraction of sp³-hybridized carbons (Fsp3) is 1.00. The minimum absolute atomic E-state index is 0.000509. The highest BCUT2D eigenvalue weighted by Crippen LogP contribution is 2.43. The first-order chi connectivity index (χ1) is 6.66. The average Bonchev–Trinajstić information content (AvgIpc) is 2.28. The van der Waals surface area contributed by atoms with Crippen molar-refractivity contribution in [2.75, 3.05) is 12.9 Å². The van der Waals surface area contributed by atoms with Gasteiger partial charge < -0.3 is 10.2 Å². The van der Waals surface area contributed by atoms with Gasteiger partial charge >= 0.3 is 0 Å². The molecule has 0 aliphatic heterocycles. The van der Waals surface area contributed by atoms with Crippen LogP contribution in [0.25, 0.3) is 0 Å². The number of rotatable bonds is 4. The van der Waals surface area contributed by atoms with Crippen molar-refractivity contribution in [3.8, 4) is 0 Å². The van der Waals surface area contributed by atoms with Gasteiger partial charge in [0.1, 0.15) is 0 Å². The van der Waals surface area contributed by atoms with Crippen molar-refractivity contribution in [3.05, 3.63) is 0 Å². The van der Waals surface area contributed by atoms with E-state index in [1.165, 1.54) is 19.3 Å². The summed E-state index contributed by atoms with van der Waals surface area (Å²) in [6.45, 7) is 2.01. The van der Waals surface area contributed by atoms with E-state index in [1.54, 1.807) is 11.8 Å². The minimum Gasteiger partial charge on any atom is -0.396 e. The molecule has 0 saturated heterocycles. The van der Waals surface area contributed by atoms with Gasteiger partial charge in [0.05, 0.1) is 6.10 Å². The highest BCUT2D eigenvalue weighted by atomic mass is 32.2. The van der Waals surface area contributed by atoms with Crippen molar-refractivity contribution < 1.29 is 10.2 Å². The van der Waals surface area contributed by atoms with Crippen molar-refractivity contribution >= 4 is 11.8 Å². The molecule has 3 heteroatoms. The molecule has 0 aromatic rings. The highest BCUT2D eigenvalue weighted by molar-refractivity contribution is 8.00. The third kappa shape index (κ3) is 2.44.